The molecule has 0 saturated heterocycles. The SMILES string of the molecule is O=Cc1ccc(-c2ccn[nH]2)o1. The van der Waals surface area contributed by atoms with Crippen molar-refractivity contribution in [2.24, 2.45) is 0 Å². The lowest BCUT2D eigenvalue weighted by atomic mass is 10.3. The van der Waals surface area contributed by atoms with Crippen molar-refractivity contribution in [2.75, 3.05) is 0 Å². The average molecular weight is 162 g/mol. The third-order valence-corrected chi connectivity index (χ3v) is 1.51. The van der Waals surface area contributed by atoms with Gasteiger partial charge in [0.25, 0.3) is 0 Å². The number of aromatic amines is 1. The van der Waals surface area contributed by atoms with E-state index in [0.29, 0.717) is 17.8 Å². The largest absolute Gasteiger partial charge is 0.452 e. The van der Waals surface area contributed by atoms with E-state index in [1.807, 2.05) is 0 Å². The van der Waals surface area contributed by atoms with Crippen LogP contribution in [0.2, 0.25) is 0 Å². The summed E-state index contributed by atoms with van der Waals surface area (Å²) in [5.41, 5.74) is 0.767. The van der Waals surface area contributed by atoms with Gasteiger partial charge in [-0.1, -0.05) is 0 Å². The van der Waals surface area contributed by atoms with E-state index in [1.165, 1.54) is 0 Å². The molecule has 0 unspecified atom stereocenters. The minimum Gasteiger partial charge on any atom is -0.452 e. The van der Waals surface area contributed by atoms with Crippen LogP contribution in [0.25, 0.3) is 11.5 Å². The molecule has 2 rings (SSSR count). The molecule has 2 heterocycles. The molecule has 4 nitrogen and oxygen atoms in total. The Bertz CT molecular complexity index is 375. The molecule has 0 atom stereocenters. The number of nitrogens with one attached hydrogen (secondary N) is 1. The van der Waals surface area contributed by atoms with Crippen molar-refractivity contribution in [2.45, 2.75) is 0 Å². The predicted octanol–water partition coefficient (Wildman–Crippen LogP) is 1.48. The van der Waals surface area contributed by atoms with Crippen molar-refractivity contribution in [3.05, 3.63) is 30.2 Å². The summed E-state index contributed by atoms with van der Waals surface area (Å²) in [6.45, 7) is 0. The van der Waals surface area contributed by atoms with E-state index in [4.69, 9.17) is 4.42 Å². The normalized spacial score (nSPS) is 10.0. The van der Waals surface area contributed by atoms with Crippen molar-refractivity contribution in [1.82, 2.24) is 10.2 Å². The van der Waals surface area contributed by atoms with Crippen LogP contribution in [0, 0.1) is 0 Å². The maximum Gasteiger partial charge on any atom is 0.185 e. The van der Waals surface area contributed by atoms with Crippen LogP contribution < -0.4 is 0 Å². The number of aldehydes is 1. The van der Waals surface area contributed by atoms with Gasteiger partial charge in [0, 0.05) is 6.20 Å². The average Bonchev–Trinajstić information content (AvgIpc) is 2.75. The third kappa shape index (κ3) is 1.03. The zero-order chi connectivity index (χ0) is 8.39. The van der Waals surface area contributed by atoms with Gasteiger partial charge in [0.1, 0.15) is 5.69 Å². The third-order valence-electron chi connectivity index (χ3n) is 1.51. The highest BCUT2D eigenvalue weighted by Crippen LogP contribution is 2.17. The molecule has 0 aliphatic heterocycles. The minimum atomic E-state index is 0.319. The highest BCUT2D eigenvalue weighted by molar-refractivity contribution is 5.72. The van der Waals surface area contributed by atoms with Crippen LogP contribution in [0.1, 0.15) is 10.6 Å². The van der Waals surface area contributed by atoms with Gasteiger partial charge in [0.2, 0.25) is 0 Å². The Morgan fingerprint density at radius 2 is 2.33 bits per heavy atom. The first-order valence-electron chi connectivity index (χ1n) is 3.45. The maximum atomic E-state index is 10.3. The molecule has 1 N–H and O–H groups in total. The first-order valence-corrected chi connectivity index (χ1v) is 3.45. The summed E-state index contributed by atoms with van der Waals surface area (Å²) in [6, 6.07) is 5.10. The summed E-state index contributed by atoms with van der Waals surface area (Å²) in [7, 11) is 0. The quantitative estimate of drug-likeness (QED) is 0.680. The molecule has 0 aliphatic rings. The van der Waals surface area contributed by atoms with Crippen molar-refractivity contribution in [1.29, 1.82) is 0 Å². The summed E-state index contributed by atoms with van der Waals surface area (Å²) in [4.78, 5) is 10.3. The fourth-order valence-corrected chi connectivity index (χ4v) is 0.954. The highest BCUT2D eigenvalue weighted by Gasteiger charge is 2.03. The van der Waals surface area contributed by atoms with Crippen LogP contribution >= 0.6 is 0 Å². The number of rotatable bonds is 2. The second-order valence-electron chi connectivity index (χ2n) is 2.29. The van der Waals surface area contributed by atoms with Gasteiger partial charge >= 0.3 is 0 Å². The van der Waals surface area contributed by atoms with E-state index in [9.17, 15) is 4.79 Å². The number of carbonyl (C=O) groups is 1. The number of hydrogen-bond donors (Lipinski definition) is 1. The van der Waals surface area contributed by atoms with Crippen LogP contribution in [-0.2, 0) is 0 Å². The lowest BCUT2D eigenvalue weighted by Crippen LogP contribution is -1.73. The Kier molecular flexibility index (Phi) is 1.51. The van der Waals surface area contributed by atoms with E-state index in [-0.39, 0.29) is 0 Å². The number of carbonyl (C=O) groups excluding carboxylic acids is 1. The fraction of sp³-hybridized carbons (Fsp3) is 0. The number of hydrogen-bond acceptors (Lipinski definition) is 3. The molecule has 0 bridgehead atoms. The number of H-pyrrole nitrogens is 1. The minimum absolute atomic E-state index is 0.319. The first-order chi connectivity index (χ1) is 5.90. The summed E-state index contributed by atoms with van der Waals surface area (Å²) in [5, 5.41) is 6.49. The van der Waals surface area contributed by atoms with Gasteiger partial charge in [0.05, 0.1) is 0 Å². The second-order valence-corrected chi connectivity index (χ2v) is 2.29. The lowest BCUT2D eigenvalue weighted by molar-refractivity contribution is 0.110. The summed E-state index contributed by atoms with van der Waals surface area (Å²) in [5.74, 6) is 0.939. The number of furan rings is 1. The second kappa shape index (κ2) is 2.65. The molecular formula is C8H6N2O2. The van der Waals surface area contributed by atoms with E-state index < -0.39 is 0 Å². The van der Waals surface area contributed by atoms with Gasteiger partial charge in [-0.15, -0.1) is 0 Å². The zero-order valence-corrected chi connectivity index (χ0v) is 6.15. The molecule has 2 aromatic heterocycles. The fourth-order valence-electron chi connectivity index (χ4n) is 0.954. The smallest absolute Gasteiger partial charge is 0.185 e. The predicted molar refractivity (Wildman–Crippen MR) is 41.7 cm³/mol. The van der Waals surface area contributed by atoms with Crippen LogP contribution in [0.4, 0.5) is 0 Å². The molecule has 0 fully saturated rings. The monoisotopic (exact) mass is 162 g/mol. The Hall–Kier alpha value is -1.84. The molecule has 12 heavy (non-hydrogen) atoms. The summed E-state index contributed by atoms with van der Waals surface area (Å²) in [6.07, 6.45) is 2.29. The first kappa shape index (κ1) is 6.84. The topological polar surface area (TPSA) is 58.9 Å². The Morgan fingerprint density at radius 1 is 1.42 bits per heavy atom. The molecule has 4 heteroatoms. The van der Waals surface area contributed by atoms with Gasteiger partial charge in [-0.25, -0.2) is 0 Å². The van der Waals surface area contributed by atoms with Gasteiger partial charge in [-0.2, -0.15) is 5.10 Å². The standard InChI is InChI=1S/C8H6N2O2/c11-5-6-1-2-8(12-6)7-3-4-9-10-7/h1-5H,(H,9,10). The van der Waals surface area contributed by atoms with Gasteiger partial charge in [-0.05, 0) is 18.2 Å². The Balaban J connectivity index is 2.41. The van der Waals surface area contributed by atoms with Crippen molar-refractivity contribution < 1.29 is 9.21 Å². The number of aromatic nitrogens is 2. The molecule has 0 aliphatic carbocycles. The van der Waals surface area contributed by atoms with Crippen molar-refractivity contribution in [3.63, 3.8) is 0 Å². The van der Waals surface area contributed by atoms with Crippen LogP contribution in [0.3, 0.4) is 0 Å². The molecule has 0 aromatic carbocycles. The van der Waals surface area contributed by atoms with Crippen LogP contribution in [-0.4, -0.2) is 16.5 Å². The summed E-state index contributed by atoms with van der Waals surface area (Å²) < 4.78 is 5.14. The maximum absolute atomic E-state index is 10.3. The molecule has 0 amide bonds. The molecule has 0 spiro atoms. The van der Waals surface area contributed by atoms with Gasteiger partial charge < -0.3 is 4.42 Å². The number of nitrogens with zero attached hydrogens (tertiary/aromatic N) is 1. The highest BCUT2D eigenvalue weighted by atomic mass is 16.3. The molecule has 0 radical (unpaired) electrons. The van der Waals surface area contributed by atoms with Crippen LogP contribution in [0.5, 0.6) is 0 Å². The zero-order valence-electron chi connectivity index (χ0n) is 6.15. The molecule has 60 valence electrons. The van der Waals surface area contributed by atoms with Crippen molar-refractivity contribution in [3.8, 4) is 11.5 Å². The van der Waals surface area contributed by atoms with Gasteiger partial charge in [-0.3, -0.25) is 9.89 Å². The molecule has 2 aromatic rings. The Labute approximate surface area is 68.2 Å². The molecular weight excluding hydrogens is 156 g/mol. The molecule has 0 saturated carbocycles. The lowest BCUT2D eigenvalue weighted by Gasteiger charge is -1.86. The van der Waals surface area contributed by atoms with Gasteiger partial charge in [0.15, 0.2) is 17.8 Å². The van der Waals surface area contributed by atoms with Crippen molar-refractivity contribution >= 4 is 6.29 Å². The van der Waals surface area contributed by atoms with E-state index in [2.05, 4.69) is 10.2 Å². The Morgan fingerprint density at radius 3 is 2.92 bits per heavy atom. The van der Waals surface area contributed by atoms with E-state index in [1.54, 1.807) is 24.4 Å². The summed E-state index contributed by atoms with van der Waals surface area (Å²) >= 11 is 0. The van der Waals surface area contributed by atoms with Crippen LogP contribution in [0.15, 0.2) is 28.8 Å². The van der Waals surface area contributed by atoms with E-state index in [0.717, 1.165) is 5.69 Å². The van der Waals surface area contributed by atoms with E-state index >= 15 is 0 Å².